The fourth-order valence-corrected chi connectivity index (χ4v) is 1.61. The first kappa shape index (κ1) is 14.0. The molecule has 1 aromatic rings. The molecule has 1 aromatic carbocycles. The maximum absolute atomic E-state index is 11.1. The molecule has 0 aliphatic rings. The predicted molar refractivity (Wildman–Crippen MR) is 69.2 cm³/mol. The molecule has 0 fully saturated rings. The Labute approximate surface area is 106 Å². The van der Waals surface area contributed by atoms with Gasteiger partial charge in [-0.25, -0.2) is 4.79 Å². The lowest BCUT2D eigenvalue weighted by Gasteiger charge is -2.05. The van der Waals surface area contributed by atoms with Crippen molar-refractivity contribution in [2.75, 3.05) is 0 Å². The van der Waals surface area contributed by atoms with E-state index < -0.39 is 11.9 Å². The number of carboxylic acids is 1. The number of carbonyl (C=O) groups excluding carboxylic acids is 1. The number of benzene rings is 1. The molecule has 0 radical (unpaired) electrons. The van der Waals surface area contributed by atoms with Crippen LogP contribution in [0.2, 0.25) is 0 Å². The number of carbonyl (C=O) groups is 2. The second-order valence-electron chi connectivity index (χ2n) is 4.48. The summed E-state index contributed by atoms with van der Waals surface area (Å²) in [5.41, 5.74) is 6.75. The van der Waals surface area contributed by atoms with Gasteiger partial charge in [0.1, 0.15) is 0 Å². The summed E-state index contributed by atoms with van der Waals surface area (Å²) in [7, 11) is 0. The summed E-state index contributed by atoms with van der Waals surface area (Å²) in [6.07, 6.45) is 2.07. The molecule has 0 aliphatic carbocycles. The summed E-state index contributed by atoms with van der Waals surface area (Å²) in [6, 6.07) is 6.65. The molecule has 0 heterocycles. The average molecular weight is 247 g/mol. The van der Waals surface area contributed by atoms with E-state index >= 15 is 0 Å². The largest absolute Gasteiger partial charge is 0.478 e. The minimum Gasteiger partial charge on any atom is -0.478 e. The third-order valence-corrected chi connectivity index (χ3v) is 2.44. The smallest absolute Gasteiger partial charge is 0.331 e. The first-order valence-electron chi connectivity index (χ1n) is 5.73. The monoisotopic (exact) mass is 247 g/mol. The van der Waals surface area contributed by atoms with E-state index in [2.05, 4.69) is 0 Å². The number of allylic oxidation sites excluding steroid dienone is 1. The number of amides is 1. The minimum atomic E-state index is -0.914. The standard InChI is InChI=1S/C14H17NO3/c1-9(2)7-12(14(17)18)8-10-3-5-11(6-4-10)13(15)16/h3-7,9H,8H2,1-2H3,(H2,15,16)(H,17,18)/b12-7+. The van der Waals surface area contributed by atoms with Crippen molar-refractivity contribution in [1.82, 2.24) is 0 Å². The van der Waals surface area contributed by atoms with Gasteiger partial charge in [0.2, 0.25) is 5.91 Å². The number of carboxylic acid groups (broad SMARTS) is 1. The van der Waals surface area contributed by atoms with Crippen LogP contribution in [-0.4, -0.2) is 17.0 Å². The summed E-state index contributed by atoms with van der Waals surface area (Å²) < 4.78 is 0. The van der Waals surface area contributed by atoms with Crippen molar-refractivity contribution in [1.29, 1.82) is 0 Å². The molecule has 18 heavy (non-hydrogen) atoms. The summed E-state index contributed by atoms with van der Waals surface area (Å²) in [4.78, 5) is 22.0. The van der Waals surface area contributed by atoms with Crippen molar-refractivity contribution in [3.8, 4) is 0 Å². The molecule has 96 valence electrons. The number of nitrogens with two attached hydrogens (primary N) is 1. The summed E-state index contributed by atoms with van der Waals surface area (Å²) in [5.74, 6) is -1.22. The molecule has 0 saturated heterocycles. The van der Waals surface area contributed by atoms with Gasteiger partial charge in [0.15, 0.2) is 0 Å². The van der Waals surface area contributed by atoms with Crippen LogP contribution < -0.4 is 5.73 Å². The third-order valence-electron chi connectivity index (χ3n) is 2.44. The van der Waals surface area contributed by atoms with Crippen LogP contribution in [0.5, 0.6) is 0 Å². The van der Waals surface area contributed by atoms with E-state index in [9.17, 15) is 9.59 Å². The Morgan fingerprint density at radius 2 is 1.83 bits per heavy atom. The second kappa shape index (κ2) is 6.00. The van der Waals surface area contributed by atoms with Crippen molar-refractivity contribution in [3.63, 3.8) is 0 Å². The maximum atomic E-state index is 11.1. The fourth-order valence-electron chi connectivity index (χ4n) is 1.61. The van der Waals surface area contributed by atoms with Gasteiger partial charge >= 0.3 is 5.97 Å². The van der Waals surface area contributed by atoms with Crippen LogP contribution in [0.25, 0.3) is 0 Å². The topological polar surface area (TPSA) is 80.4 Å². The molecule has 0 atom stereocenters. The van der Waals surface area contributed by atoms with E-state index in [1.807, 2.05) is 13.8 Å². The molecular formula is C14H17NO3. The number of primary amides is 1. The van der Waals surface area contributed by atoms with E-state index in [1.54, 1.807) is 30.3 Å². The maximum Gasteiger partial charge on any atom is 0.331 e. The highest BCUT2D eigenvalue weighted by Gasteiger charge is 2.09. The zero-order valence-electron chi connectivity index (χ0n) is 10.5. The minimum absolute atomic E-state index is 0.181. The zero-order chi connectivity index (χ0) is 13.7. The van der Waals surface area contributed by atoms with Crippen molar-refractivity contribution in [3.05, 3.63) is 47.0 Å². The van der Waals surface area contributed by atoms with E-state index in [-0.39, 0.29) is 5.92 Å². The van der Waals surface area contributed by atoms with Crippen LogP contribution in [0, 0.1) is 5.92 Å². The number of rotatable bonds is 5. The van der Waals surface area contributed by atoms with Gasteiger partial charge in [-0.15, -0.1) is 0 Å². The van der Waals surface area contributed by atoms with Crippen LogP contribution in [0.3, 0.4) is 0 Å². The normalized spacial score (nSPS) is 11.6. The van der Waals surface area contributed by atoms with Gasteiger partial charge in [0.25, 0.3) is 0 Å². The Morgan fingerprint density at radius 1 is 1.28 bits per heavy atom. The van der Waals surface area contributed by atoms with Crippen molar-refractivity contribution < 1.29 is 14.7 Å². The quantitative estimate of drug-likeness (QED) is 0.781. The van der Waals surface area contributed by atoms with Crippen molar-refractivity contribution in [2.45, 2.75) is 20.3 Å². The average Bonchev–Trinajstić information content (AvgIpc) is 2.28. The lowest BCUT2D eigenvalue weighted by molar-refractivity contribution is -0.132. The van der Waals surface area contributed by atoms with Crippen molar-refractivity contribution >= 4 is 11.9 Å². The molecule has 3 N–H and O–H groups in total. The lowest BCUT2D eigenvalue weighted by atomic mass is 10.0. The van der Waals surface area contributed by atoms with Gasteiger partial charge < -0.3 is 10.8 Å². The Kier molecular flexibility index (Phi) is 4.66. The van der Waals surface area contributed by atoms with E-state index in [1.165, 1.54) is 0 Å². The lowest BCUT2D eigenvalue weighted by Crippen LogP contribution is -2.11. The Morgan fingerprint density at radius 3 is 2.22 bits per heavy atom. The molecule has 1 rings (SSSR count). The Bertz CT molecular complexity index is 472. The van der Waals surface area contributed by atoms with Crippen LogP contribution in [-0.2, 0) is 11.2 Å². The van der Waals surface area contributed by atoms with Crippen LogP contribution in [0.1, 0.15) is 29.8 Å². The number of aliphatic carboxylic acids is 1. The summed E-state index contributed by atoms with van der Waals surface area (Å²) >= 11 is 0. The van der Waals surface area contributed by atoms with Gasteiger partial charge in [-0.2, -0.15) is 0 Å². The van der Waals surface area contributed by atoms with Crippen molar-refractivity contribution in [2.24, 2.45) is 11.7 Å². The molecule has 4 nitrogen and oxygen atoms in total. The van der Waals surface area contributed by atoms with Gasteiger partial charge in [0.05, 0.1) is 0 Å². The van der Waals surface area contributed by atoms with E-state index in [0.29, 0.717) is 17.6 Å². The molecule has 0 aromatic heterocycles. The molecule has 1 amide bonds. The number of hydrogen-bond acceptors (Lipinski definition) is 2. The Balaban J connectivity index is 2.88. The first-order valence-corrected chi connectivity index (χ1v) is 5.73. The van der Waals surface area contributed by atoms with Crippen LogP contribution in [0.15, 0.2) is 35.9 Å². The highest BCUT2D eigenvalue weighted by Crippen LogP contribution is 2.12. The highest BCUT2D eigenvalue weighted by molar-refractivity contribution is 5.92. The molecule has 0 spiro atoms. The molecule has 0 bridgehead atoms. The SMILES string of the molecule is CC(C)/C=C(\Cc1ccc(C(N)=O)cc1)C(=O)O. The summed E-state index contributed by atoms with van der Waals surface area (Å²) in [6.45, 7) is 3.86. The highest BCUT2D eigenvalue weighted by atomic mass is 16.4. The molecular weight excluding hydrogens is 230 g/mol. The van der Waals surface area contributed by atoms with E-state index in [0.717, 1.165) is 5.56 Å². The number of hydrogen-bond donors (Lipinski definition) is 2. The predicted octanol–water partition coefficient (Wildman–Crippen LogP) is 2.00. The van der Waals surface area contributed by atoms with Crippen LogP contribution >= 0.6 is 0 Å². The van der Waals surface area contributed by atoms with Gasteiger partial charge in [0, 0.05) is 17.6 Å². The van der Waals surface area contributed by atoms with Crippen LogP contribution in [0.4, 0.5) is 0 Å². The Hall–Kier alpha value is -2.10. The fraction of sp³-hybridized carbons (Fsp3) is 0.286. The zero-order valence-corrected chi connectivity index (χ0v) is 10.5. The summed E-state index contributed by atoms with van der Waals surface area (Å²) in [5, 5.41) is 9.08. The van der Waals surface area contributed by atoms with Gasteiger partial charge in [-0.3, -0.25) is 4.79 Å². The molecule has 0 aliphatic heterocycles. The third kappa shape index (κ3) is 4.05. The molecule has 0 saturated carbocycles. The van der Waals surface area contributed by atoms with Gasteiger partial charge in [-0.1, -0.05) is 32.1 Å². The second-order valence-corrected chi connectivity index (χ2v) is 4.48. The molecule has 0 unspecified atom stereocenters. The van der Waals surface area contributed by atoms with Gasteiger partial charge in [-0.05, 0) is 23.6 Å². The molecule has 4 heteroatoms. The first-order chi connectivity index (χ1) is 8.40. The van der Waals surface area contributed by atoms with E-state index in [4.69, 9.17) is 10.8 Å².